The Morgan fingerprint density at radius 2 is 1.62 bits per heavy atom. The van der Waals surface area contributed by atoms with Crippen LogP contribution in [0.3, 0.4) is 0 Å². The lowest BCUT2D eigenvalue weighted by molar-refractivity contribution is 0.112. The van der Waals surface area contributed by atoms with Gasteiger partial charge in [-0.15, -0.1) is 0 Å². The molecule has 0 aliphatic carbocycles. The van der Waals surface area contributed by atoms with Crippen molar-refractivity contribution in [1.29, 1.82) is 0 Å². The molecule has 0 heterocycles. The van der Waals surface area contributed by atoms with Gasteiger partial charge in [0.2, 0.25) is 0 Å². The van der Waals surface area contributed by atoms with Crippen molar-refractivity contribution in [2.75, 3.05) is 0 Å². The van der Waals surface area contributed by atoms with Crippen LogP contribution >= 0.6 is 0 Å². The summed E-state index contributed by atoms with van der Waals surface area (Å²) in [5.41, 5.74) is 1.42. The molecule has 4 heteroatoms. The average Bonchev–Trinajstić information content (AvgIpc) is 2.15. The van der Waals surface area contributed by atoms with Gasteiger partial charge in [-0.2, -0.15) is 0 Å². The van der Waals surface area contributed by atoms with E-state index in [-0.39, 0.29) is 0 Å². The van der Waals surface area contributed by atoms with Gasteiger partial charge in [-0.1, -0.05) is 36.3 Å². The van der Waals surface area contributed by atoms with Crippen LogP contribution in [0.25, 0.3) is 6.08 Å². The summed E-state index contributed by atoms with van der Waals surface area (Å²) >= 11 is 0. The van der Waals surface area contributed by atoms with Crippen LogP contribution in [0, 0.1) is 0 Å². The van der Waals surface area contributed by atoms with Gasteiger partial charge in [0.25, 0.3) is 0 Å². The van der Waals surface area contributed by atoms with Crippen molar-refractivity contribution in [3.8, 4) is 0 Å². The second kappa shape index (κ2) is 4.59. The Morgan fingerprint density at radius 3 is 2.08 bits per heavy atom. The SMILES string of the molecule is O=Cc1ccc(C=CB(O)O)cc1. The van der Waals surface area contributed by atoms with Crippen LogP contribution in [-0.4, -0.2) is 23.5 Å². The monoisotopic (exact) mass is 176 g/mol. The minimum Gasteiger partial charge on any atom is -0.424 e. The summed E-state index contributed by atoms with van der Waals surface area (Å²) in [5, 5.41) is 17.1. The van der Waals surface area contributed by atoms with Crippen molar-refractivity contribution >= 4 is 19.5 Å². The number of carbonyl (C=O) groups is 1. The third kappa shape index (κ3) is 3.23. The fraction of sp³-hybridized carbons (Fsp3) is 0. The van der Waals surface area contributed by atoms with E-state index in [1.54, 1.807) is 30.3 Å². The van der Waals surface area contributed by atoms with Gasteiger partial charge in [-0.3, -0.25) is 4.79 Å². The molecule has 1 aromatic carbocycles. The van der Waals surface area contributed by atoms with E-state index in [9.17, 15) is 4.79 Å². The third-order valence-electron chi connectivity index (χ3n) is 1.53. The van der Waals surface area contributed by atoms with Crippen LogP contribution in [0.4, 0.5) is 0 Å². The van der Waals surface area contributed by atoms with Crippen LogP contribution in [0.1, 0.15) is 15.9 Å². The molecule has 0 saturated carbocycles. The maximum atomic E-state index is 10.3. The number of aldehydes is 1. The van der Waals surface area contributed by atoms with E-state index in [4.69, 9.17) is 10.0 Å². The summed E-state index contributed by atoms with van der Waals surface area (Å²) in [6, 6.07) is 6.78. The molecule has 2 N–H and O–H groups in total. The minimum atomic E-state index is -1.44. The summed E-state index contributed by atoms with van der Waals surface area (Å²) in [6.07, 6.45) is 2.33. The molecule has 1 rings (SSSR count). The molecule has 0 bridgehead atoms. The Bertz CT molecular complexity index is 303. The van der Waals surface area contributed by atoms with Crippen LogP contribution in [0.5, 0.6) is 0 Å². The normalized spacial score (nSPS) is 10.3. The highest BCUT2D eigenvalue weighted by molar-refractivity contribution is 6.48. The number of hydrogen-bond acceptors (Lipinski definition) is 3. The quantitative estimate of drug-likeness (QED) is 0.521. The Balaban J connectivity index is 2.75. The third-order valence-corrected chi connectivity index (χ3v) is 1.53. The zero-order chi connectivity index (χ0) is 9.68. The molecule has 0 amide bonds. The second-order valence-corrected chi connectivity index (χ2v) is 2.56. The average molecular weight is 176 g/mol. The van der Waals surface area contributed by atoms with Crippen molar-refractivity contribution in [3.05, 3.63) is 41.4 Å². The Labute approximate surface area is 76.5 Å². The smallest absolute Gasteiger partial charge is 0.424 e. The molecule has 0 unspecified atom stereocenters. The molecule has 13 heavy (non-hydrogen) atoms. The van der Waals surface area contributed by atoms with Gasteiger partial charge in [0.1, 0.15) is 6.29 Å². The first-order valence-electron chi connectivity index (χ1n) is 3.82. The van der Waals surface area contributed by atoms with Gasteiger partial charge in [0.05, 0.1) is 0 Å². The summed E-state index contributed by atoms with van der Waals surface area (Å²) < 4.78 is 0. The lowest BCUT2D eigenvalue weighted by Crippen LogP contribution is -2.05. The maximum absolute atomic E-state index is 10.3. The van der Waals surface area contributed by atoms with Crippen molar-refractivity contribution in [2.45, 2.75) is 0 Å². The molecule has 0 spiro atoms. The van der Waals surface area contributed by atoms with E-state index in [1.165, 1.54) is 5.98 Å². The van der Waals surface area contributed by atoms with Crippen molar-refractivity contribution in [2.24, 2.45) is 0 Å². The van der Waals surface area contributed by atoms with Crippen molar-refractivity contribution in [1.82, 2.24) is 0 Å². The molecule has 0 atom stereocenters. The highest BCUT2D eigenvalue weighted by atomic mass is 16.4. The first kappa shape index (κ1) is 9.70. The number of hydrogen-bond donors (Lipinski definition) is 2. The summed E-state index contributed by atoms with van der Waals surface area (Å²) in [7, 11) is -1.44. The van der Waals surface area contributed by atoms with E-state index in [0.717, 1.165) is 11.8 Å². The van der Waals surface area contributed by atoms with Gasteiger partial charge < -0.3 is 10.0 Å². The van der Waals surface area contributed by atoms with E-state index in [2.05, 4.69) is 0 Å². The topological polar surface area (TPSA) is 57.5 Å². The zero-order valence-corrected chi connectivity index (χ0v) is 6.92. The lowest BCUT2D eigenvalue weighted by atomic mass is 9.91. The number of rotatable bonds is 3. The lowest BCUT2D eigenvalue weighted by Gasteiger charge is -1.93. The highest BCUT2D eigenvalue weighted by Gasteiger charge is 1.97. The first-order valence-corrected chi connectivity index (χ1v) is 3.82. The van der Waals surface area contributed by atoms with Crippen LogP contribution in [0.2, 0.25) is 0 Å². The molecule has 0 fully saturated rings. The van der Waals surface area contributed by atoms with Gasteiger partial charge in [-0.25, -0.2) is 0 Å². The molecule has 0 aliphatic heterocycles. The van der Waals surface area contributed by atoms with E-state index < -0.39 is 7.12 Å². The molecule has 0 saturated heterocycles. The fourth-order valence-electron chi connectivity index (χ4n) is 0.883. The summed E-state index contributed by atoms with van der Waals surface area (Å²) in [5.74, 6) is 1.25. The Morgan fingerprint density at radius 1 is 1.08 bits per heavy atom. The van der Waals surface area contributed by atoms with E-state index in [1.807, 2.05) is 0 Å². The first-order chi connectivity index (χ1) is 6.22. The second-order valence-electron chi connectivity index (χ2n) is 2.56. The standard InChI is InChI=1S/C9H9BO3/c11-7-9-3-1-8(2-4-9)5-6-10(12)13/h1-7,12-13H. The molecular weight excluding hydrogens is 167 g/mol. The largest absolute Gasteiger partial charge is 0.480 e. The van der Waals surface area contributed by atoms with Gasteiger partial charge in [0.15, 0.2) is 0 Å². The summed E-state index contributed by atoms with van der Waals surface area (Å²) in [4.78, 5) is 10.3. The fourth-order valence-corrected chi connectivity index (χ4v) is 0.883. The van der Waals surface area contributed by atoms with E-state index in [0.29, 0.717) is 5.56 Å². The van der Waals surface area contributed by atoms with Crippen molar-refractivity contribution < 1.29 is 14.8 Å². The van der Waals surface area contributed by atoms with Crippen LogP contribution in [0.15, 0.2) is 30.2 Å². The molecule has 1 aromatic rings. The molecule has 0 radical (unpaired) electrons. The number of carbonyl (C=O) groups excluding carboxylic acids is 1. The molecule has 0 aliphatic rings. The molecule has 66 valence electrons. The van der Waals surface area contributed by atoms with Gasteiger partial charge in [-0.05, 0) is 5.56 Å². The summed E-state index contributed by atoms with van der Waals surface area (Å²) in [6.45, 7) is 0. The highest BCUT2D eigenvalue weighted by Crippen LogP contribution is 2.04. The van der Waals surface area contributed by atoms with Crippen LogP contribution in [-0.2, 0) is 0 Å². The zero-order valence-electron chi connectivity index (χ0n) is 6.92. The maximum Gasteiger partial charge on any atom is 0.480 e. The van der Waals surface area contributed by atoms with Crippen LogP contribution < -0.4 is 0 Å². The predicted molar refractivity (Wildman–Crippen MR) is 51.1 cm³/mol. The Hall–Kier alpha value is -1.39. The van der Waals surface area contributed by atoms with Gasteiger partial charge >= 0.3 is 7.12 Å². The molecule has 3 nitrogen and oxygen atoms in total. The van der Waals surface area contributed by atoms with Crippen molar-refractivity contribution in [3.63, 3.8) is 0 Å². The van der Waals surface area contributed by atoms with E-state index >= 15 is 0 Å². The van der Waals surface area contributed by atoms with Gasteiger partial charge in [0, 0.05) is 5.56 Å². The Kier molecular flexibility index (Phi) is 3.43. The minimum absolute atomic E-state index is 0.599. The predicted octanol–water partition coefficient (Wildman–Crippen LogP) is 0.524. The molecule has 0 aromatic heterocycles. The molecular formula is C9H9BO3. The number of benzene rings is 1.